The molecule has 0 aliphatic heterocycles. The van der Waals surface area contributed by atoms with Gasteiger partial charge in [0.1, 0.15) is 11.3 Å². The molecular weight excluding hydrogens is 256 g/mol. The van der Waals surface area contributed by atoms with Gasteiger partial charge in [0.2, 0.25) is 0 Å². The maximum Gasteiger partial charge on any atom is 0.339 e. The van der Waals surface area contributed by atoms with Crippen LogP contribution in [0.25, 0.3) is 0 Å². The van der Waals surface area contributed by atoms with E-state index in [-0.39, 0.29) is 40.5 Å². The predicted octanol–water partition coefficient (Wildman–Crippen LogP) is 3.33. The van der Waals surface area contributed by atoms with Crippen molar-refractivity contribution in [2.75, 3.05) is 0 Å². The standard InChI is InChI=1S/C13H18O3.Cr/c1-7(2)9-5-10(8(3)4)12(14)11(6-9)13(15)16;/h5-8,14H,1-4H3,(H,15,16);. The summed E-state index contributed by atoms with van der Waals surface area (Å²) in [7, 11) is 0. The number of carboxylic acid groups (broad SMARTS) is 1. The van der Waals surface area contributed by atoms with Crippen molar-refractivity contribution in [3.8, 4) is 5.75 Å². The van der Waals surface area contributed by atoms with E-state index in [1.807, 2.05) is 33.8 Å². The van der Waals surface area contributed by atoms with Crippen LogP contribution in [0.1, 0.15) is 61.0 Å². The van der Waals surface area contributed by atoms with Crippen LogP contribution in [0.4, 0.5) is 0 Å². The SMILES string of the molecule is CC(C)c1cc(C(=O)O)c(O)c(C(C)C)c1.[Cr]. The van der Waals surface area contributed by atoms with Gasteiger partial charge in [0, 0.05) is 17.4 Å². The summed E-state index contributed by atoms with van der Waals surface area (Å²) in [5.74, 6) is -0.832. The Labute approximate surface area is 113 Å². The van der Waals surface area contributed by atoms with E-state index < -0.39 is 5.97 Å². The van der Waals surface area contributed by atoms with Crippen LogP contribution in [-0.4, -0.2) is 16.2 Å². The molecule has 0 spiro atoms. The number of aromatic carboxylic acids is 1. The predicted molar refractivity (Wildman–Crippen MR) is 63.2 cm³/mol. The second kappa shape index (κ2) is 6.09. The van der Waals surface area contributed by atoms with Crippen molar-refractivity contribution in [3.05, 3.63) is 28.8 Å². The second-order valence-corrected chi connectivity index (χ2v) is 4.62. The van der Waals surface area contributed by atoms with Crippen molar-refractivity contribution in [1.29, 1.82) is 0 Å². The molecule has 0 unspecified atom stereocenters. The minimum Gasteiger partial charge on any atom is -0.507 e. The van der Waals surface area contributed by atoms with Crippen molar-refractivity contribution < 1.29 is 32.4 Å². The molecule has 0 saturated carbocycles. The Kier molecular flexibility index (Phi) is 5.74. The maximum atomic E-state index is 11.0. The van der Waals surface area contributed by atoms with E-state index in [2.05, 4.69) is 0 Å². The van der Waals surface area contributed by atoms with Gasteiger partial charge in [-0.25, -0.2) is 4.79 Å². The molecule has 0 heterocycles. The molecule has 0 aromatic heterocycles. The number of carbonyl (C=O) groups is 1. The Morgan fingerprint density at radius 2 is 1.65 bits per heavy atom. The molecule has 17 heavy (non-hydrogen) atoms. The molecule has 0 fully saturated rings. The molecule has 0 amide bonds. The Morgan fingerprint density at radius 1 is 1.12 bits per heavy atom. The summed E-state index contributed by atoms with van der Waals surface area (Å²) in [6.45, 7) is 7.87. The van der Waals surface area contributed by atoms with E-state index in [1.54, 1.807) is 6.07 Å². The van der Waals surface area contributed by atoms with E-state index in [4.69, 9.17) is 5.11 Å². The van der Waals surface area contributed by atoms with Crippen molar-refractivity contribution in [2.45, 2.75) is 39.5 Å². The molecule has 4 heteroatoms. The zero-order chi connectivity index (χ0) is 12.5. The number of carboxylic acids is 1. The van der Waals surface area contributed by atoms with Crippen molar-refractivity contribution in [1.82, 2.24) is 0 Å². The van der Waals surface area contributed by atoms with Crippen LogP contribution in [0.15, 0.2) is 12.1 Å². The molecule has 0 aliphatic carbocycles. The van der Waals surface area contributed by atoms with Crippen molar-refractivity contribution >= 4 is 5.97 Å². The first-order valence-corrected chi connectivity index (χ1v) is 5.44. The van der Waals surface area contributed by atoms with Gasteiger partial charge in [0.15, 0.2) is 0 Å². The number of phenols is 1. The zero-order valence-electron chi connectivity index (χ0n) is 10.5. The Bertz CT molecular complexity index is 411. The van der Waals surface area contributed by atoms with Gasteiger partial charge in [0.25, 0.3) is 0 Å². The average molecular weight is 274 g/mol. The first kappa shape index (κ1) is 16.0. The van der Waals surface area contributed by atoms with Crippen LogP contribution < -0.4 is 0 Å². The maximum absolute atomic E-state index is 11.0. The molecule has 2 N–H and O–H groups in total. The van der Waals surface area contributed by atoms with Gasteiger partial charge in [0.05, 0.1) is 0 Å². The molecule has 1 aromatic rings. The van der Waals surface area contributed by atoms with E-state index >= 15 is 0 Å². The molecule has 0 radical (unpaired) electrons. The van der Waals surface area contributed by atoms with Crippen LogP contribution in [0.5, 0.6) is 5.75 Å². The smallest absolute Gasteiger partial charge is 0.339 e. The molecule has 1 rings (SSSR count). The fourth-order valence-corrected chi connectivity index (χ4v) is 1.62. The number of hydrogen-bond acceptors (Lipinski definition) is 2. The molecule has 1 aromatic carbocycles. The van der Waals surface area contributed by atoms with Crippen LogP contribution in [0, 0.1) is 0 Å². The van der Waals surface area contributed by atoms with E-state index in [1.165, 1.54) is 0 Å². The van der Waals surface area contributed by atoms with Crippen LogP contribution in [0.2, 0.25) is 0 Å². The fraction of sp³-hybridized carbons (Fsp3) is 0.462. The summed E-state index contributed by atoms with van der Waals surface area (Å²) in [6.07, 6.45) is 0. The minimum absolute atomic E-state index is 0. The number of hydrogen-bond donors (Lipinski definition) is 2. The molecule has 0 atom stereocenters. The molecule has 3 nitrogen and oxygen atoms in total. The molecule has 0 bridgehead atoms. The third-order valence-electron chi connectivity index (χ3n) is 2.68. The molecule has 94 valence electrons. The number of aromatic hydroxyl groups is 1. The largest absolute Gasteiger partial charge is 0.507 e. The normalized spacial score (nSPS) is 10.5. The van der Waals surface area contributed by atoms with Crippen LogP contribution in [-0.2, 0) is 17.4 Å². The first-order valence-electron chi connectivity index (χ1n) is 5.44. The summed E-state index contributed by atoms with van der Waals surface area (Å²) >= 11 is 0. The fourth-order valence-electron chi connectivity index (χ4n) is 1.62. The molecule has 0 saturated heterocycles. The number of benzene rings is 1. The Hall–Kier alpha value is -0.978. The topological polar surface area (TPSA) is 57.5 Å². The van der Waals surface area contributed by atoms with Gasteiger partial charge in [-0.15, -0.1) is 0 Å². The van der Waals surface area contributed by atoms with E-state index in [9.17, 15) is 9.90 Å². The zero-order valence-corrected chi connectivity index (χ0v) is 11.8. The summed E-state index contributed by atoms with van der Waals surface area (Å²) in [5.41, 5.74) is 1.64. The van der Waals surface area contributed by atoms with Crippen LogP contribution >= 0.6 is 0 Å². The third-order valence-corrected chi connectivity index (χ3v) is 2.68. The van der Waals surface area contributed by atoms with E-state index in [0.29, 0.717) is 5.56 Å². The van der Waals surface area contributed by atoms with E-state index in [0.717, 1.165) is 5.56 Å². The minimum atomic E-state index is -1.08. The van der Waals surface area contributed by atoms with Gasteiger partial charge in [-0.3, -0.25) is 0 Å². The number of rotatable bonds is 3. The molecule has 0 aliphatic rings. The average Bonchev–Trinajstić information content (AvgIpc) is 2.16. The van der Waals surface area contributed by atoms with Crippen molar-refractivity contribution in [2.24, 2.45) is 0 Å². The summed E-state index contributed by atoms with van der Waals surface area (Å²) < 4.78 is 0. The van der Waals surface area contributed by atoms with Gasteiger partial charge in [-0.2, -0.15) is 0 Å². The van der Waals surface area contributed by atoms with Gasteiger partial charge < -0.3 is 10.2 Å². The summed E-state index contributed by atoms with van der Waals surface area (Å²) in [4.78, 5) is 11.0. The van der Waals surface area contributed by atoms with Gasteiger partial charge in [-0.1, -0.05) is 33.8 Å². The first-order chi connectivity index (χ1) is 7.34. The Balaban J connectivity index is 0.00000256. The monoisotopic (exact) mass is 274 g/mol. The Morgan fingerprint density at radius 3 is 2.00 bits per heavy atom. The van der Waals surface area contributed by atoms with Crippen molar-refractivity contribution in [3.63, 3.8) is 0 Å². The van der Waals surface area contributed by atoms with Gasteiger partial charge in [-0.05, 0) is 29.0 Å². The summed E-state index contributed by atoms with van der Waals surface area (Å²) in [5, 5.41) is 18.9. The van der Waals surface area contributed by atoms with Gasteiger partial charge >= 0.3 is 5.97 Å². The second-order valence-electron chi connectivity index (χ2n) is 4.62. The summed E-state index contributed by atoms with van der Waals surface area (Å²) in [6, 6.07) is 3.44. The third kappa shape index (κ3) is 3.49. The quantitative estimate of drug-likeness (QED) is 0.888. The molecular formula is C13H18CrO3. The van der Waals surface area contributed by atoms with Crippen LogP contribution in [0.3, 0.4) is 0 Å².